The number of halogens is 1. The first-order chi connectivity index (χ1) is 10.5. The van der Waals surface area contributed by atoms with Crippen molar-refractivity contribution in [3.8, 4) is 5.75 Å². The summed E-state index contributed by atoms with van der Waals surface area (Å²) in [5.41, 5.74) is 0.618. The van der Waals surface area contributed by atoms with Crippen LogP contribution in [0.5, 0.6) is 5.75 Å². The highest BCUT2D eigenvalue weighted by Crippen LogP contribution is 2.29. The molecule has 6 nitrogen and oxygen atoms in total. The van der Waals surface area contributed by atoms with Crippen LogP contribution in [0.4, 0.5) is 0 Å². The number of hydrogen-bond donors (Lipinski definition) is 1. The Balaban J connectivity index is 2.26. The molecule has 0 aliphatic carbocycles. The monoisotopic (exact) mass is 338 g/mol. The third-order valence-corrected chi connectivity index (χ3v) is 3.70. The highest BCUT2D eigenvalue weighted by molar-refractivity contribution is 8.04. The van der Waals surface area contributed by atoms with E-state index in [1.807, 2.05) is 6.92 Å². The number of nitrogens with zero attached hydrogens (tertiary/aromatic N) is 2. The molecule has 1 N–H and O–H groups in total. The largest absolute Gasteiger partial charge is 0.544 e. The van der Waals surface area contributed by atoms with E-state index in [0.717, 1.165) is 11.8 Å². The Morgan fingerprint density at radius 3 is 2.86 bits per heavy atom. The van der Waals surface area contributed by atoms with E-state index in [1.54, 1.807) is 25.1 Å². The van der Waals surface area contributed by atoms with Crippen molar-refractivity contribution >= 4 is 35.4 Å². The molecule has 1 heterocycles. The summed E-state index contributed by atoms with van der Waals surface area (Å²) in [6.07, 6.45) is 1.45. The maximum Gasteiger partial charge on any atom is 0.213 e. The Bertz CT molecular complexity index is 715. The molecule has 2 rings (SSSR count). The third-order valence-electron chi connectivity index (χ3n) is 2.53. The van der Waals surface area contributed by atoms with Gasteiger partial charge in [0.2, 0.25) is 5.16 Å². The third kappa shape index (κ3) is 4.25. The molecule has 0 saturated heterocycles. The summed E-state index contributed by atoms with van der Waals surface area (Å²) in [6, 6.07) is 5.02. The van der Waals surface area contributed by atoms with E-state index in [9.17, 15) is 9.90 Å². The molecule has 2 aromatic rings. The minimum Gasteiger partial charge on any atom is -0.544 e. The van der Waals surface area contributed by atoms with Crippen LogP contribution in [0.25, 0.3) is 6.08 Å². The lowest BCUT2D eigenvalue weighted by Gasteiger charge is -2.08. The number of thioether (sulfide) groups is 1. The number of rotatable bonds is 6. The van der Waals surface area contributed by atoms with E-state index < -0.39 is 5.97 Å². The Morgan fingerprint density at radius 2 is 2.32 bits per heavy atom. The Kier molecular flexibility index (Phi) is 5.46. The number of aromatic nitrogens is 3. The van der Waals surface area contributed by atoms with Gasteiger partial charge in [-0.2, -0.15) is 0 Å². The number of carboxylic acid groups (broad SMARTS) is 1. The van der Waals surface area contributed by atoms with Gasteiger partial charge in [-0.1, -0.05) is 17.7 Å². The molecule has 0 aliphatic rings. The number of H-pyrrole nitrogens is 1. The van der Waals surface area contributed by atoms with Gasteiger partial charge in [-0.3, -0.25) is 5.10 Å². The van der Waals surface area contributed by atoms with Crippen molar-refractivity contribution in [3.05, 3.63) is 39.5 Å². The molecule has 0 atom stereocenters. The molecule has 0 spiro atoms. The second kappa shape index (κ2) is 7.33. The molecular weight excluding hydrogens is 326 g/mol. The van der Waals surface area contributed by atoms with Gasteiger partial charge in [0.05, 0.1) is 17.6 Å². The SMILES string of the molecule is CCOc1ccc(/C=C(\Sc2n[nH]c(C)n2)C(=O)[O-])cc1Cl. The quantitative estimate of drug-likeness (QED) is 0.640. The average Bonchev–Trinajstić information content (AvgIpc) is 2.86. The Labute approximate surface area is 136 Å². The van der Waals surface area contributed by atoms with Gasteiger partial charge in [-0.15, -0.1) is 5.10 Å². The van der Waals surface area contributed by atoms with Crippen LogP contribution < -0.4 is 9.84 Å². The summed E-state index contributed by atoms with van der Waals surface area (Å²) in [7, 11) is 0. The van der Waals surface area contributed by atoms with Crippen LogP contribution in [-0.4, -0.2) is 27.8 Å². The van der Waals surface area contributed by atoms with Gasteiger partial charge < -0.3 is 14.6 Å². The summed E-state index contributed by atoms with van der Waals surface area (Å²) in [4.78, 5) is 15.3. The zero-order valence-electron chi connectivity index (χ0n) is 11.9. The topological polar surface area (TPSA) is 90.9 Å². The van der Waals surface area contributed by atoms with Crippen molar-refractivity contribution in [1.29, 1.82) is 0 Å². The highest BCUT2D eigenvalue weighted by atomic mass is 35.5. The number of aromatic amines is 1. The number of aliphatic carboxylic acids is 1. The number of hydrogen-bond acceptors (Lipinski definition) is 6. The normalized spacial score (nSPS) is 11.5. The van der Waals surface area contributed by atoms with E-state index in [1.165, 1.54) is 6.08 Å². The van der Waals surface area contributed by atoms with Crippen molar-refractivity contribution < 1.29 is 14.6 Å². The highest BCUT2D eigenvalue weighted by Gasteiger charge is 2.08. The predicted molar refractivity (Wildman–Crippen MR) is 82.6 cm³/mol. The van der Waals surface area contributed by atoms with Gasteiger partial charge in [0.1, 0.15) is 11.6 Å². The number of carbonyl (C=O) groups is 1. The van der Waals surface area contributed by atoms with Crippen LogP contribution in [-0.2, 0) is 4.79 Å². The van der Waals surface area contributed by atoms with Gasteiger partial charge in [-0.05, 0) is 49.4 Å². The molecule has 1 aromatic heterocycles. The molecule has 8 heteroatoms. The van der Waals surface area contributed by atoms with E-state index in [0.29, 0.717) is 33.9 Å². The molecule has 116 valence electrons. The fourth-order valence-corrected chi connectivity index (χ4v) is 2.62. The fraction of sp³-hybridized carbons (Fsp3) is 0.214. The summed E-state index contributed by atoms with van der Waals surface area (Å²) in [5, 5.41) is 18.5. The number of nitrogens with one attached hydrogen (secondary N) is 1. The minimum atomic E-state index is -1.31. The van der Waals surface area contributed by atoms with E-state index in [2.05, 4.69) is 15.2 Å². The summed E-state index contributed by atoms with van der Waals surface area (Å²) < 4.78 is 5.33. The lowest BCUT2D eigenvalue weighted by atomic mass is 10.2. The molecule has 0 unspecified atom stereocenters. The Morgan fingerprint density at radius 1 is 1.55 bits per heavy atom. The van der Waals surface area contributed by atoms with Crippen LogP contribution in [0.15, 0.2) is 28.3 Å². The van der Waals surface area contributed by atoms with Crippen molar-refractivity contribution in [1.82, 2.24) is 15.2 Å². The minimum absolute atomic E-state index is 0.0146. The zero-order valence-corrected chi connectivity index (χ0v) is 13.5. The molecule has 0 aliphatic heterocycles. The van der Waals surface area contributed by atoms with Crippen molar-refractivity contribution in [2.45, 2.75) is 19.0 Å². The molecule has 22 heavy (non-hydrogen) atoms. The van der Waals surface area contributed by atoms with Gasteiger partial charge in [0.25, 0.3) is 0 Å². The summed E-state index contributed by atoms with van der Waals surface area (Å²) in [5.74, 6) is -0.157. The first-order valence-corrected chi connectivity index (χ1v) is 7.61. The van der Waals surface area contributed by atoms with Crippen LogP contribution in [0, 0.1) is 6.92 Å². The molecular formula is C14H13ClN3O3S-. The van der Waals surface area contributed by atoms with Gasteiger partial charge >= 0.3 is 0 Å². The first kappa shape index (κ1) is 16.4. The molecule has 0 bridgehead atoms. The lowest BCUT2D eigenvalue weighted by Crippen LogP contribution is -2.23. The molecule has 1 aromatic carbocycles. The van der Waals surface area contributed by atoms with Crippen molar-refractivity contribution in [2.75, 3.05) is 6.61 Å². The van der Waals surface area contributed by atoms with E-state index in [4.69, 9.17) is 16.3 Å². The van der Waals surface area contributed by atoms with Crippen LogP contribution >= 0.6 is 23.4 Å². The standard InChI is InChI=1S/C14H14ClN3O3S/c1-3-21-11-5-4-9(6-10(11)15)7-12(13(19)20)22-14-16-8(2)17-18-14/h4-7H,3H2,1-2H3,(H,19,20)(H,16,17,18)/p-1/b12-7-. The number of aryl methyl sites for hydroxylation is 1. The molecule has 0 fully saturated rings. The molecule has 0 amide bonds. The van der Waals surface area contributed by atoms with Gasteiger partial charge in [-0.25, -0.2) is 4.98 Å². The van der Waals surface area contributed by atoms with Gasteiger partial charge in [0.15, 0.2) is 0 Å². The van der Waals surface area contributed by atoms with Crippen LogP contribution in [0.1, 0.15) is 18.3 Å². The summed E-state index contributed by atoms with van der Waals surface area (Å²) in [6.45, 7) is 4.08. The van der Waals surface area contributed by atoms with Gasteiger partial charge in [0, 0.05) is 4.91 Å². The second-order valence-corrected chi connectivity index (χ2v) is 5.64. The number of benzene rings is 1. The smallest absolute Gasteiger partial charge is 0.213 e. The van der Waals surface area contributed by atoms with E-state index in [-0.39, 0.29) is 4.91 Å². The van der Waals surface area contributed by atoms with Crippen LogP contribution in [0.2, 0.25) is 5.02 Å². The van der Waals surface area contributed by atoms with E-state index >= 15 is 0 Å². The fourth-order valence-electron chi connectivity index (χ4n) is 1.63. The zero-order chi connectivity index (χ0) is 16.1. The first-order valence-electron chi connectivity index (χ1n) is 6.42. The maximum atomic E-state index is 11.2. The second-order valence-electron chi connectivity index (χ2n) is 4.22. The summed E-state index contributed by atoms with van der Waals surface area (Å²) >= 11 is 6.98. The van der Waals surface area contributed by atoms with Crippen molar-refractivity contribution in [3.63, 3.8) is 0 Å². The van der Waals surface area contributed by atoms with Crippen LogP contribution in [0.3, 0.4) is 0 Å². The molecule has 0 saturated carbocycles. The lowest BCUT2D eigenvalue weighted by molar-refractivity contribution is -0.297. The maximum absolute atomic E-state index is 11.2. The number of ether oxygens (including phenoxy) is 1. The van der Waals surface area contributed by atoms with Crippen molar-refractivity contribution in [2.24, 2.45) is 0 Å². The Hall–Kier alpha value is -1.99. The average molecular weight is 339 g/mol. The number of carboxylic acids is 1. The number of carbonyl (C=O) groups excluding carboxylic acids is 1. The predicted octanol–water partition coefficient (Wildman–Crippen LogP) is 2.05. The molecule has 0 radical (unpaired) electrons.